The Hall–Kier alpha value is -3.67. The normalized spacial score (nSPS) is 16.2. The maximum absolute atomic E-state index is 13.5. The van der Waals surface area contributed by atoms with Crippen molar-refractivity contribution in [3.63, 3.8) is 0 Å². The molecule has 1 aliphatic heterocycles. The molecule has 1 unspecified atom stereocenters. The minimum atomic E-state index is -0.0268. The lowest BCUT2D eigenvalue weighted by molar-refractivity contribution is 0.0737. The van der Waals surface area contributed by atoms with Crippen LogP contribution in [0.15, 0.2) is 73.1 Å². The monoisotopic (exact) mass is 398 g/mol. The molecular formula is C24H22N4O2. The molecule has 150 valence electrons. The number of likely N-dealkylation sites (tertiary alicyclic amines) is 1. The molecule has 1 fully saturated rings. The molecular weight excluding hydrogens is 376 g/mol. The van der Waals surface area contributed by atoms with Crippen LogP contribution in [0.3, 0.4) is 0 Å². The van der Waals surface area contributed by atoms with E-state index in [0.717, 1.165) is 42.0 Å². The SMILES string of the molecule is COc1ccc(C2CCCN2C(=O)c2cnn3c(-c4ccccc4)ccnc23)cc1. The summed E-state index contributed by atoms with van der Waals surface area (Å²) in [7, 11) is 1.66. The molecule has 5 rings (SSSR count). The van der Waals surface area contributed by atoms with Crippen molar-refractivity contribution in [3.05, 3.63) is 84.2 Å². The van der Waals surface area contributed by atoms with E-state index in [1.54, 1.807) is 24.0 Å². The number of carbonyl (C=O) groups is 1. The average Bonchev–Trinajstić information content (AvgIpc) is 3.47. The Balaban J connectivity index is 1.50. The van der Waals surface area contributed by atoms with Gasteiger partial charge in [0.15, 0.2) is 5.65 Å². The molecule has 0 N–H and O–H groups in total. The van der Waals surface area contributed by atoms with Crippen LogP contribution < -0.4 is 4.74 Å². The lowest BCUT2D eigenvalue weighted by Gasteiger charge is -2.25. The van der Waals surface area contributed by atoms with Gasteiger partial charge in [0.2, 0.25) is 0 Å². The Morgan fingerprint density at radius 1 is 1.07 bits per heavy atom. The summed E-state index contributed by atoms with van der Waals surface area (Å²) >= 11 is 0. The fourth-order valence-electron chi connectivity index (χ4n) is 4.21. The van der Waals surface area contributed by atoms with E-state index in [-0.39, 0.29) is 11.9 Å². The number of amides is 1. The van der Waals surface area contributed by atoms with Crippen LogP contribution in [0.25, 0.3) is 16.9 Å². The summed E-state index contributed by atoms with van der Waals surface area (Å²) in [5, 5.41) is 4.50. The van der Waals surface area contributed by atoms with Gasteiger partial charge in [0.25, 0.3) is 5.91 Å². The zero-order valence-electron chi connectivity index (χ0n) is 16.7. The third-order valence-corrected chi connectivity index (χ3v) is 5.72. The molecule has 2 aromatic carbocycles. The molecule has 6 nitrogen and oxygen atoms in total. The Kier molecular flexibility index (Phi) is 4.67. The highest BCUT2D eigenvalue weighted by atomic mass is 16.5. The van der Waals surface area contributed by atoms with Gasteiger partial charge in [0, 0.05) is 18.3 Å². The lowest BCUT2D eigenvalue weighted by Crippen LogP contribution is -2.30. The van der Waals surface area contributed by atoms with Gasteiger partial charge in [0.05, 0.1) is 25.0 Å². The number of carbonyl (C=O) groups excluding carboxylic acids is 1. The van der Waals surface area contributed by atoms with E-state index in [4.69, 9.17) is 4.74 Å². The molecule has 6 heteroatoms. The summed E-state index contributed by atoms with van der Waals surface area (Å²) < 4.78 is 7.01. The van der Waals surface area contributed by atoms with E-state index in [9.17, 15) is 4.79 Å². The van der Waals surface area contributed by atoms with Crippen LogP contribution in [0.2, 0.25) is 0 Å². The van der Waals surface area contributed by atoms with Crippen molar-refractivity contribution in [2.75, 3.05) is 13.7 Å². The van der Waals surface area contributed by atoms with Crippen LogP contribution in [0.5, 0.6) is 5.75 Å². The van der Waals surface area contributed by atoms with Gasteiger partial charge >= 0.3 is 0 Å². The zero-order valence-corrected chi connectivity index (χ0v) is 16.7. The third-order valence-electron chi connectivity index (χ3n) is 5.72. The van der Waals surface area contributed by atoms with Crippen molar-refractivity contribution in [2.24, 2.45) is 0 Å². The standard InChI is InChI=1S/C24H22N4O2/c1-30-19-11-9-18(10-12-19)21-8-5-15-27(21)24(29)20-16-26-28-22(13-14-25-23(20)28)17-6-3-2-4-7-17/h2-4,6-7,9-14,16,21H,5,8,15H2,1H3. The van der Waals surface area contributed by atoms with Crippen molar-refractivity contribution in [1.29, 1.82) is 0 Å². The summed E-state index contributed by atoms with van der Waals surface area (Å²) in [6, 6.07) is 19.9. The molecule has 30 heavy (non-hydrogen) atoms. The fourth-order valence-corrected chi connectivity index (χ4v) is 4.21. The highest BCUT2D eigenvalue weighted by Crippen LogP contribution is 2.34. The van der Waals surface area contributed by atoms with E-state index in [2.05, 4.69) is 10.1 Å². The van der Waals surface area contributed by atoms with Crippen LogP contribution in [0.4, 0.5) is 0 Å². The molecule has 1 amide bonds. The van der Waals surface area contributed by atoms with Crippen molar-refractivity contribution in [3.8, 4) is 17.0 Å². The molecule has 2 aromatic heterocycles. The first kappa shape index (κ1) is 18.4. The molecule has 3 heterocycles. The number of fused-ring (bicyclic) bond motifs is 1. The van der Waals surface area contributed by atoms with Crippen molar-refractivity contribution >= 4 is 11.6 Å². The van der Waals surface area contributed by atoms with Gasteiger partial charge in [0.1, 0.15) is 11.3 Å². The molecule has 0 spiro atoms. The van der Waals surface area contributed by atoms with E-state index < -0.39 is 0 Å². The number of hydrogen-bond acceptors (Lipinski definition) is 4. The first-order valence-corrected chi connectivity index (χ1v) is 10.1. The Morgan fingerprint density at radius 3 is 2.63 bits per heavy atom. The molecule has 0 radical (unpaired) electrons. The summed E-state index contributed by atoms with van der Waals surface area (Å²) in [4.78, 5) is 19.9. The molecule has 1 aliphatic rings. The number of nitrogens with zero attached hydrogens (tertiary/aromatic N) is 4. The first-order valence-electron chi connectivity index (χ1n) is 10.1. The summed E-state index contributed by atoms with van der Waals surface area (Å²) in [5.74, 6) is 0.788. The number of methoxy groups -OCH3 is 1. The van der Waals surface area contributed by atoms with Crippen LogP contribution in [0.1, 0.15) is 34.8 Å². The van der Waals surface area contributed by atoms with E-state index >= 15 is 0 Å². The minimum absolute atomic E-state index is 0.0268. The molecule has 4 aromatic rings. The highest BCUT2D eigenvalue weighted by molar-refractivity contribution is 6.00. The molecule has 0 aliphatic carbocycles. The predicted molar refractivity (Wildman–Crippen MR) is 114 cm³/mol. The Bertz CT molecular complexity index is 1190. The van der Waals surface area contributed by atoms with Crippen LogP contribution in [-0.2, 0) is 0 Å². The fraction of sp³-hybridized carbons (Fsp3) is 0.208. The molecule has 1 atom stereocenters. The van der Waals surface area contributed by atoms with Gasteiger partial charge < -0.3 is 9.64 Å². The number of hydrogen-bond donors (Lipinski definition) is 0. The quantitative estimate of drug-likeness (QED) is 0.512. The van der Waals surface area contributed by atoms with Gasteiger partial charge in [-0.3, -0.25) is 4.79 Å². The molecule has 0 saturated carbocycles. The lowest BCUT2D eigenvalue weighted by atomic mass is 10.0. The highest BCUT2D eigenvalue weighted by Gasteiger charge is 2.32. The largest absolute Gasteiger partial charge is 0.497 e. The maximum Gasteiger partial charge on any atom is 0.259 e. The number of aromatic nitrogens is 3. The first-order chi connectivity index (χ1) is 14.8. The molecule has 0 bridgehead atoms. The second kappa shape index (κ2) is 7.63. The topological polar surface area (TPSA) is 59.7 Å². The van der Waals surface area contributed by atoms with Crippen molar-refractivity contribution in [2.45, 2.75) is 18.9 Å². The predicted octanol–water partition coefficient (Wildman–Crippen LogP) is 4.38. The van der Waals surface area contributed by atoms with Gasteiger partial charge in [-0.05, 0) is 36.6 Å². The summed E-state index contributed by atoms with van der Waals surface area (Å²) in [5.41, 5.74) is 4.18. The second-order valence-electron chi connectivity index (χ2n) is 7.42. The number of ether oxygens (including phenoxy) is 1. The van der Waals surface area contributed by atoms with Gasteiger partial charge in [-0.25, -0.2) is 9.50 Å². The van der Waals surface area contributed by atoms with Crippen LogP contribution >= 0.6 is 0 Å². The van der Waals surface area contributed by atoms with Gasteiger partial charge in [-0.2, -0.15) is 5.10 Å². The van der Waals surface area contributed by atoms with E-state index in [1.165, 1.54) is 0 Å². The van der Waals surface area contributed by atoms with E-state index in [1.807, 2.05) is 65.6 Å². The number of benzene rings is 2. The second-order valence-corrected chi connectivity index (χ2v) is 7.42. The van der Waals surface area contributed by atoms with Crippen molar-refractivity contribution in [1.82, 2.24) is 19.5 Å². The summed E-state index contributed by atoms with van der Waals surface area (Å²) in [6.07, 6.45) is 5.30. The number of rotatable bonds is 4. The maximum atomic E-state index is 13.5. The van der Waals surface area contributed by atoms with Crippen LogP contribution in [0, 0.1) is 0 Å². The minimum Gasteiger partial charge on any atom is -0.497 e. The average molecular weight is 398 g/mol. The van der Waals surface area contributed by atoms with Gasteiger partial charge in [-0.15, -0.1) is 0 Å². The van der Waals surface area contributed by atoms with Crippen molar-refractivity contribution < 1.29 is 9.53 Å². The smallest absolute Gasteiger partial charge is 0.259 e. The zero-order chi connectivity index (χ0) is 20.5. The van der Waals surface area contributed by atoms with E-state index in [0.29, 0.717) is 11.2 Å². The summed E-state index contributed by atoms with van der Waals surface area (Å²) in [6.45, 7) is 0.727. The van der Waals surface area contributed by atoms with Crippen LogP contribution in [-0.4, -0.2) is 39.1 Å². The Labute approximate surface area is 174 Å². The Morgan fingerprint density at radius 2 is 1.87 bits per heavy atom. The molecule has 1 saturated heterocycles. The third kappa shape index (κ3) is 3.10. The van der Waals surface area contributed by atoms with Gasteiger partial charge in [-0.1, -0.05) is 42.5 Å².